The molecule has 0 spiro atoms. The highest BCUT2D eigenvalue weighted by Crippen LogP contribution is 2.78. The Morgan fingerprint density at radius 3 is 2.14 bits per heavy atom. The summed E-state index contributed by atoms with van der Waals surface area (Å²) in [5, 5.41) is 11.5. The van der Waals surface area contributed by atoms with Gasteiger partial charge in [-0.15, -0.1) is 0 Å². The van der Waals surface area contributed by atoms with E-state index in [-0.39, 0.29) is 81.5 Å². The van der Waals surface area contributed by atoms with Gasteiger partial charge in [-0.2, -0.15) is 0 Å². The fraction of sp³-hybridized carbons (Fsp3) is 0.906. The van der Waals surface area contributed by atoms with E-state index < -0.39 is 5.41 Å². The molecule has 5 nitrogen and oxygen atoms in total. The molecule has 5 rings (SSSR count). The number of esters is 1. The normalized spacial score (nSPS) is 52.8. The third kappa shape index (κ3) is 3.40. The molecule has 10 atom stereocenters. The smallest absolute Gasteiger partial charge is 0.302 e. The quantitative estimate of drug-likeness (QED) is 0.353. The lowest BCUT2D eigenvalue weighted by atomic mass is 9.29. The highest BCUT2D eigenvalue weighted by Gasteiger charge is 2.75. The van der Waals surface area contributed by atoms with Gasteiger partial charge in [0, 0.05) is 36.2 Å². The van der Waals surface area contributed by atoms with Gasteiger partial charge in [-0.05, 0) is 84.9 Å². The number of rotatable bonds is 2. The Balaban J connectivity index is 1.66. The van der Waals surface area contributed by atoms with Gasteiger partial charge in [-0.3, -0.25) is 14.4 Å². The molecular formula is C32H50O5. The molecule has 0 saturated heterocycles. The molecule has 0 radical (unpaired) electrons. The average Bonchev–Trinajstić information content (AvgIpc) is 2.79. The zero-order valence-electron chi connectivity index (χ0n) is 24.5. The molecule has 1 N–H and O–H groups in total. The second-order valence-electron chi connectivity index (χ2n) is 15.8. The van der Waals surface area contributed by atoms with Crippen molar-refractivity contribution in [2.45, 2.75) is 119 Å². The molecule has 5 aliphatic rings. The first-order valence-corrected chi connectivity index (χ1v) is 14.8. The van der Waals surface area contributed by atoms with E-state index in [4.69, 9.17) is 4.74 Å². The lowest BCUT2D eigenvalue weighted by Gasteiger charge is -2.75. The van der Waals surface area contributed by atoms with Crippen molar-refractivity contribution < 1.29 is 24.2 Å². The lowest BCUT2D eigenvalue weighted by Crippen LogP contribution is -2.73. The van der Waals surface area contributed by atoms with Crippen molar-refractivity contribution in [1.82, 2.24) is 0 Å². The highest BCUT2D eigenvalue weighted by molar-refractivity contribution is 6.04. The molecule has 0 heterocycles. The molecule has 0 aliphatic heterocycles. The van der Waals surface area contributed by atoms with Crippen molar-refractivity contribution in [3.63, 3.8) is 0 Å². The maximum absolute atomic E-state index is 13.7. The van der Waals surface area contributed by atoms with Crippen molar-refractivity contribution in [3.05, 3.63) is 0 Å². The number of ketones is 2. The number of aliphatic hydroxyl groups is 1. The minimum Gasteiger partial charge on any atom is -0.462 e. The molecule has 0 amide bonds. The fourth-order valence-corrected chi connectivity index (χ4v) is 11.5. The summed E-state index contributed by atoms with van der Waals surface area (Å²) in [7, 11) is 0. The van der Waals surface area contributed by atoms with Crippen molar-refractivity contribution >= 4 is 17.5 Å². The third-order valence-corrected chi connectivity index (χ3v) is 13.8. The van der Waals surface area contributed by atoms with E-state index in [1.807, 2.05) is 6.92 Å². The molecule has 0 aromatic carbocycles. The fourth-order valence-electron chi connectivity index (χ4n) is 11.5. The predicted octanol–water partition coefficient (Wildman–Crippen LogP) is 6.15. The summed E-state index contributed by atoms with van der Waals surface area (Å²) >= 11 is 0. The largest absolute Gasteiger partial charge is 0.462 e. The summed E-state index contributed by atoms with van der Waals surface area (Å²) in [5.74, 6) is 0.169. The van der Waals surface area contributed by atoms with E-state index in [9.17, 15) is 19.5 Å². The molecule has 37 heavy (non-hydrogen) atoms. The number of carbonyl (C=O) groups is 3. The molecule has 5 saturated carbocycles. The Bertz CT molecular complexity index is 1020. The van der Waals surface area contributed by atoms with Crippen LogP contribution in [0.15, 0.2) is 0 Å². The Kier molecular flexibility index (Phi) is 6.02. The van der Waals surface area contributed by atoms with Gasteiger partial charge in [0.25, 0.3) is 0 Å². The van der Waals surface area contributed by atoms with Gasteiger partial charge < -0.3 is 9.84 Å². The zero-order chi connectivity index (χ0) is 27.4. The Morgan fingerprint density at radius 2 is 1.51 bits per heavy atom. The Hall–Kier alpha value is -1.23. The minimum absolute atomic E-state index is 0.0537. The van der Waals surface area contributed by atoms with Crippen LogP contribution in [0.2, 0.25) is 0 Å². The van der Waals surface area contributed by atoms with Crippen LogP contribution in [0.1, 0.15) is 113 Å². The summed E-state index contributed by atoms with van der Waals surface area (Å²) in [4.78, 5) is 38.9. The minimum atomic E-state index is -0.427. The number of aliphatic hydroxyl groups excluding tert-OH is 1. The van der Waals surface area contributed by atoms with Gasteiger partial charge >= 0.3 is 5.97 Å². The van der Waals surface area contributed by atoms with Crippen LogP contribution in [0.5, 0.6) is 0 Å². The number of hydrogen-bond donors (Lipinski definition) is 1. The van der Waals surface area contributed by atoms with Crippen molar-refractivity contribution in [3.8, 4) is 0 Å². The van der Waals surface area contributed by atoms with E-state index in [2.05, 4.69) is 41.5 Å². The second-order valence-corrected chi connectivity index (χ2v) is 15.8. The maximum Gasteiger partial charge on any atom is 0.302 e. The number of ether oxygens (including phenoxy) is 1. The third-order valence-electron chi connectivity index (χ3n) is 13.8. The van der Waals surface area contributed by atoms with E-state index in [0.29, 0.717) is 12.3 Å². The Labute approximate surface area is 223 Å². The Morgan fingerprint density at radius 1 is 0.865 bits per heavy atom. The summed E-state index contributed by atoms with van der Waals surface area (Å²) in [6.45, 7) is 17.6. The maximum atomic E-state index is 13.7. The lowest BCUT2D eigenvalue weighted by molar-refractivity contribution is -0.293. The van der Waals surface area contributed by atoms with E-state index >= 15 is 0 Å². The summed E-state index contributed by atoms with van der Waals surface area (Å²) in [6, 6.07) is 0. The monoisotopic (exact) mass is 514 g/mol. The summed E-state index contributed by atoms with van der Waals surface area (Å²) in [6.07, 6.45) is 7.35. The van der Waals surface area contributed by atoms with Gasteiger partial charge in [0.1, 0.15) is 17.7 Å². The molecule has 0 aromatic heterocycles. The van der Waals surface area contributed by atoms with Crippen molar-refractivity contribution in [2.75, 3.05) is 6.61 Å². The van der Waals surface area contributed by atoms with Gasteiger partial charge in [-0.1, -0.05) is 48.5 Å². The molecule has 5 fully saturated rings. The number of Topliss-reactive ketones (excluding diaryl/α,β-unsaturated/α-hetero) is 2. The first-order valence-electron chi connectivity index (χ1n) is 14.8. The van der Waals surface area contributed by atoms with Crippen LogP contribution in [-0.2, 0) is 19.1 Å². The van der Waals surface area contributed by atoms with Crippen LogP contribution in [0, 0.1) is 56.2 Å². The van der Waals surface area contributed by atoms with Crippen LogP contribution in [0.3, 0.4) is 0 Å². The van der Waals surface area contributed by atoms with E-state index in [1.54, 1.807) is 0 Å². The molecule has 0 aromatic rings. The zero-order valence-corrected chi connectivity index (χ0v) is 24.5. The number of fused-ring (bicyclic) bond motifs is 7. The van der Waals surface area contributed by atoms with E-state index in [0.717, 1.165) is 44.9 Å². The highest BCUT2D eigenvalue weighted by atomic mass is 16.5. The van der Waals surface area contributed by atoms with E-state index in [1.165, 1.54) is 6.92 Å². The van der Waals surface area contributed by atoms with Gasteiger partial charge in [0.2, 0.25) is 0 Å². The molecule has 208 valence electrons. The molecule has 0 bridgehead atoms. The van der Waals surface area contributed by atoms with Crippen molar-refractivity contribution in [1.29, 1.82) is 0 Å². The molecular weight excluding hydrogens is 464 g/mol. The predicted molar refractivity (Wildman–Crippen MR) is 142 cm³/mol. The van der Waals surface area contributed by atoms with Crippen LogP contribution < -0.4 is 0 Å². The topological polar surface area (TPSA) is 80.7 Å². The number of carbonyl (C=O) groups excluding carboxylic acids is 3. The standard InChI is InChI=1S/C32H50O5/c1-19-21(35)15-22(36)26-28(19,5)10-9-23-30(26,7)13-14-31(8)24-16-27(3,4)11-12-29(24,6)25(37-20(2)34)17-32(23,31)18-33/h19,23-26,33H,9-18H2,1-8H3/t19-,23?,24?,25-,26?,28+,29-,30+,31-,32-/m0/s1. The van der Waals surface area contributed by atoms with Crippen LogP contribution in [-0.4, -0.2) is 35.4 Å². The van der Waals surface area contributed by atoms with Gasteiger partial charge in [-0.25, -0.2) is 0 Å². The first-order chi connectivity index (χ1) is 17.0. The first kappa shape index (κ1) is 27.3. The number of hydrogen-bond acceptors (Lipinski definition) is 5. The molecule has 5 heteroatoms. The molecule has 5 aliphatic carbocycles. The van der Waals surface area contributed by atoms with Crippen LogP contribution in [0.4, 0.5) is 0 Å². The summed E-state index contributed by atoms with van der Waals surface area (Å²) in [5.41, 5.74) is -1.06. The SMILES string of the molecule is CC(=O)O[C@H]1C[C@]2(CO)C3CC[C@@]4(C)C(C(=O)CC(=O)[C@@H]4C)[C@]3(C)CC[C@@]2(C)C2CC(C)(C)CC[C@@]21C. The van der Waals surface area contributed by atoms with Gasteiger partial charge in [0.15, 0.2) is 0 Å². The van der Waals surface area contributed by atoms with Crippen molar-refractivity contribution in [2.24, 2.45) is 56.2 Å². The summed E-state index contributed by atoms with van der Waals surface area (Å²) < 4.78 is 6.18. The average molecular weight is 515 g/mol. The van der Waals surface area contributed by atoms with Crippen LogP contribution >= 0.6 is 0 Å². The second kappa shape index (κ2) is 8.15. The van der Waals surface area contributed by atoms with Crippen LogP contribution in [0.25, 0.3) is 0 Å². The molecule has 3 unspecified atom stereocenters. The van der Waals surface area contributed by atoms with Gasteiger partial charge in [0.05, 0.1) is 6.42 Å².